The molecule has 0 aliphatic rings. The number of rotatable bonds is 2. The van der Waals surface area contributed by atoms with E-state index >= 15 is 0 Å². The largest absolute Gasteiger partial charge is 0.364 e. The Morgan fingerprint density at radius 3 is 2.50 bits per heavy atom. The summed E-state index contributed by atoms with van der Waals surface area (Å²) in [6.45, 7) is 10.6. The van der Waals surface area contributed by atoms with Crippen LogP contribution < -0.4 is 5.32 Å². The van der Waals surface area contributed by atoms with Crippen LogP contribution in [-0.4, -0.2) is 15.7 Å². The first kappa shape index (κ1) is 12.7. The average molecular weight is 243 g/mol. The molecule has 0 fully saturated rings. The van der Waals surface area contributed by atoms with E-state index in [0.717, 1.165) is 11.5 Å². The molecule has 1 aromatic heterocycles. The van der Waals surface area contributed by atoms with E-state index in [0.29, 0.717) is 0 Å². The van der Waals surface area contributed by atoms with Crippen LogP contribution in [0.2, 0.25) is 0 Å². The van der Waals surface area contributed by atoms with Crippen LogP contribution in [0.3, 0.4) is 0 Å². The van der Waals surface area contributed by atoms with Crippen LogP contribution in [0.5, 0.6) is 0 Å². The van der Waals surface area contributed by atoms with Gasteiger partial charge >= 0.3 is 0 Å². The molecule has 0 radical (unpaired) electrons. The maximum absolute atomic E-state index is 4.31. The zero-order valence-electron chi connectivity index (χ0n) is 11.8. The van der Waals surface area contributed by atoms with Crippen molar-refractivity contribution in [3.8, 4) is 11.3 Å². The monoisotopic (exact) mass is 243 g/mol. The van der Waals surface area contributed by atoms with E-state index in [4.69, 9.17) is 0 Å². The smallest absolute Gasteiger partial charge is 0.148 e. The van der Waals surface area contributed by atoms with Gasteiger partial charge in [-0.1, -0.05) is 17.7 Å². The van der Waals surface area contributed by atoms with E-state index in [9.17, 15) is 0 Å². The molecule has 18 heavy (non-hydrogen) atoms. The predicted octanol–water partition coefficient (Wildman–Crippen LogP) is 3.90. The van der Waals surface area contributed by atoms with Crippen molar-refractivity contribution in [3.05, 3.63) is 35.4 Å². The molecule has 1 heterocycles. The molecule has 2 N–H and O–H groups in total. The predicted molar refractivity (Wildman–Crippen MR) is 76.9 cm³/mol. The van der Waals surface area contributed by atoms with Gasteiger partial charge in [-0.25, -0.2) is 0 Å². The molecule has 0 saturated carbocycles. The Balaban J connectivity index is 2.32. The van der Waals surface area contributed by atoms with Crippen molar-refractivity contribution in [2.24, 2.45) is 0 Å². The Kier molecular flexibility index (Phi) is 3.16. The number of nitrogens with zero attached hydrogens (tertiary/aromatic N) is 1. The molecule has 3 heteroatoms. The molecule has 0 spiro atoms. The number of aromatic amines is 1. The van der Waals surface area contributed by atoms with Gasteiger partial charge in [-0.05, 0) is 46.2 Å². The van der Waals surface area contributed by atoms with Gasteiger partial charge in [0.2, 0.25) is 0 Å². The number of aromatic nitrogens is 2. The number of anilines is 1. The summed E-state index contributed by atoms with van der Waals surface area (Å²) in [6, 6.07) is 8.52. The zero-order chi connectivity index (χ0) is 13.3. The minimum Gasteiger partial charge on any atom is -0.364 e. The summed E-state index contributed by atoms with van der Waals surface area (Å²) in [5.41, 5.74) is 4.81. The van der Waals surface area contributed by atoms with Gasteiger partial charge in [0.25, 0.3) is 0 Å². The van der Waals surface area contributed by atoms with Gasteiger partial charge in [-0.3, -0.25) is 5.10 Å². The van der Waals surface area contributed by atoms with Crippen LogP contribution in [0, 0.1) is 13.8 Å². The van der Waals surface area contributed by atoms with Gasteiger partial charge in [-0.15, -0.1) is 0 Å². The van der Waals surface area contributed by atoms with Crippen molar-refractivity contribution in [2.75, 3.05) is 5.32 Å². The fraction of sp³-hybridized carbons (Fsp3) is 0.400. The van der Waals surface area contributed by atoms with Crippen LogP contribution >= 0.6 is 0 Å². The molecular weight excluding hydrogens is 222 g/mol. The van der Waals surface area contributed by atoms with Crippen molar-refractivity contribution >= 4 is 5.82 Å². The standard InChI is InChI=1S/C15H21N3/c1-10-6-7-11(2)12(8-10)13-9-14(18-17-13)16-15(3,4)5/h6-9H,1-5H3,(H2,16,17,18). The van der Waals surface area contributed by atoms with Crippen molar-refractivity contribution in [1.29, 1.82) is 0 Å². The molecule has 3 nitrogen and oxygen atoms in total. The Bertz CT molecular complexity index is 547. The maximum Gasteiger partial charge on any atom is 0.148 e. The molecule has 0 aliphatic carbocycles. The second kappa shape index (κ2) is 4.48. The molecule has 1 aromatic carbocycles. The highest BCUT2D eigenvalue weighted by Gasteiger charge is 2.12. The third kappa shape index (κ3) is 2.92. The maximum atomic E-state index is 4.31. The van der Waals surface area contributed by atoms with Gasteiger partial charge in [0.1, 0.15) is 5.82 Å². The number of hydrogen-bond acceptors (Lipinski definition) is 2. The molecular formula is C15H21N3. The van der Waals surface area contributed by atoms with Gasteiger partial charge in [0.05, 0.1) is 5.69 Å². The first-order chi connectivity index (χ1) is 8.35. The Morgan fingerprint density at radius 2 is 1.83 bits per heavy atom. The van der Waals surface area contributed by atoms with Crippen molar-refractivity contribution in [2.45, 2.75) is 40.2 Å². The normalized spacial score (nSPS) is 11.6. The summed E-state index contributed by atoms with van der Waals surface area (Å²) in [5, 5.41) is 10.8. The average Bonchev–Trinajstić information content (AvgIpc) is 2.67. The van der Waals surface area contributed by atoms with E-state index in [1.54, 1.807) is 0 Å². The number of benzene rings is 1. The Labute approximate surface area is 109 Å². The third-order valence-corrected chi connectivity index (χ3v) is 2.76. The van der Waals surface area contributed by atoms with Gasteiger partial charge in [-0.2, -0.15) is 5.10 Å². The summed E-state index contributed by atoms with van der Waals surface area (Å²) < 4.78 is 0. The first-order valence-corrected chi connectivity index (χ1v) is 6.26. The van der Waals surface area contributed by atoms with Crippen LogP contribution in [0.25, 0.3) is 11.3 Å². The molecule has 96 valence electrons. The van der Waals surface area contributed by atoms with E-state index in [2.05, 4.69) is 74.4 Å². The Hall–Kier alpha value is -1.77. The van der Waals surface area contributed by atoms with Gasteiger partial charge in [0, 0.05) is 17.2 Å². The van der Waals surface area contributed by atoms with E-state index in [-0.39, 0.29) is 5.54 Å². The van der Waals surface area contributed by atoms with Gasteiger partial charge < -0.3 is 5.32 Å². The highest BCUT2D eigenvalue weighted by molar-refractivity contribution is 5.67. The van der Waals surface area contributed by atoms with Crippen molar-refractivity contribution < 1.29 is 0 Å². The fourth-order valence-corrected chi connectivity index (χ4v) is 1.93. The summed E-state index contributed by atoms with van der Waals surface area (Å²) in [6.07, 6.45) is 0. The molecule has 2 aromatic rings. The van der Waals surface area contributed by atoms with Gasteiger partial charge in [0.15, 0.2) is 0 Å². The van der Waals surface area contributed by atoms with Crippen molar-refractivity contribution in [1.82, 2.24) is 10.2 Å². The number of hydrogen-bond donors (Lipinski definition) is 2. The minimum absolute atomic E-state index is 0.0219. The topological polar surface area (TPSA) is 40.7 Å². The molecule has 0 unspecified atom stereocenters. The number of H-pyrrole nitrogens is 1. The molecule has 0 saturated heterocycles. The number of nitrogens with one attached hydrogen (secondary N) is 2. The molecule has 0 bridgehead atoms. The lowest BCUT2D eigenvalue weighted by atomic mass is 10.0. The van der Waals surface area contributed by atoms with Crippen molar-refractivity contribution in [3.63, 3.8) is 0 Å². The molecule has 0 amide bonds. The molecule has 2 rings (SSSR count). The second-order valence-electron chi connectivity index (χ2n) is 5.86. The lowest BCUT2D eigenvalue weighted by Gasteiger charge is -2.19. The fourth-order valence-electron chi connectivity index (χ4n) is 1.93. The lowest BCUT2D eigenvalue weighted by molar-refractivity contribution is 0.630. The SMILES string of the molecule is Cc1ccc(C)c(-c2cc(NC(C)(C)C)n[nH]2)c1. The highest BCUT2D eigenvalue weighted by atomic mass is 15.2. The quantitative estimate of drug-likeness (QED) is 0.839. The van der Waals surface area contributed by atoms with Crippen LogP contribution in [0.15, 0.2) is 24.3 Å². The molecule has 0 aliphatic heterocycles. The first-order valence-electron chi connectivity index (χ1n) is 6.26. The van der Waals surface area contributed by atoms with E-state index in [1.165, 1.54) is 16.7 Å². The third-order valence-electron chi connectivity index (χ3n) is 2.76. The van der Waals surface area contributed by atoms with E-state index < -0.39 is 0 Å². The lowest BCUT2D eigenvalue weighted by Crippen LogP contribution is -2.26. The minimum atomic E-state index is 0.0219. The highest BCUT2D eigenvalue weighted by Crippen LogP contribution is 2.25. The number of aryl methyl sites for hydroxylation is 2. The molecule has 0 atom stereocenters. The summed E-state index contributed by atoms with van der Waals surface area (Å²) in [4.78, 5) is 0. The summed E-state index contributed by atoms with van der Waals surface area (Å²) in [5.74, 6) is 0.887. The van der Waals surface area contributed by atoms with E-state index in [1.807, 2.05) is 0 Å². The second-order valence-corrected chi connectivity index (χ2v) is 5.86. The zero-order valence-corrected chi connectivity index (χ0v) is 11.8. The van der Waals surface area contributed by atoms with Crippen LogP contribution in [-0.2, 0) is 0 Å². The van der Waals surface area contributed by atoms with Crippen LogP contribution in [0.1, 0.15) is 31.9 Å². The summed E-state index contributed by atoms with van der Waals surface area (Å²) in [7, 11) is 0. The van der Waals surface area contributed by atoms with Crippen LogP contribution in [0.4, 0.5) is 5.82 Å². The Morgan fingerprint density at radius 1 is 1.11 bits per heavy atom. The summed E-state index contributed by atoms with van der Waals surface area (Å²) >= 11 is 0.